The molecule has 1 rings (SSSR count). The maximum atomic E-state index is 13.0. The molecular weight excluding hydrogens is 779 g/mol. The maximum Gasteiger partial charge on any atom is 0.220 e. The van der Waals surface area contributed by atoms with Gasteiger partial charge in [0.05, 0.1) is 25.4 Å². The normalized spacial score (nSPS) is 20.7. The SMILES string of the molecule is CCCCCCCCC/C=C\CCCCCCCCCC(=O)NC(COC1OC(CO)C(O)C(O)C1O)C(O)/C=C/CC/C=C/CC/C=C/CCCCCCCCCCCCC. The van der Waals surface area contributed by atoms with Gasteiger partial charge >= 0.3 is 0 Å². The summed E-state index contributed by atoms with van der Waals surface area (Å²) in [5.74, 6) is -0.195. The van der Waals surface area contributed by atoms with Crippen molar-refractivity contribution in [3.63, 3.8) is 0 Å². The van der Waals surface area contributed by atoms with Crippen LogP contribution in [0.1, 0.15) is 226 Å². The van der Waals surface area contributed by atoms with Crippen molar-refractivity contribution in [2.45, 2.75) is 269 Å². The molecule has 1 aliphatic rings. The molecule has 7 unspecified atom stereocenters. The zero-order valence-corrected chi connectivity index (χ0v) is 39.9. The van der Waals surface area contributed by atoms with Gasteiger partial charge in [-0.3, -0.25) is 4.79 Å². The smallest absolute Gasteiger partial charge is 0.220 e. The Bertz CT molecular complexity index is 1110. The molecular formula is C53H97NO8. The number of carbonyl (C=O) groups excluding carboxylic acids is 1. The van der Waals surface area contributed by atoms with Crippen LogP contribution >= 0.6 is 0 Å². The molecule has 0 aromatic rings. The number of aliphatic hydroxyl groups is 5. The number of hydrogen-bond donors (Lipinski definition) is 6. The van der Waals surface area contributed by atoms with Crippen LogP contribution in [0.15, 0.2) is 48.6 Å². The van der Waals surface area contributed by atoms with E-state index >= 15 is 0 Å². The Morgan fingerprint density at radius 2 is 0.919 bits per heavy atom. The first kappa shape index (κ1) is 58.2. The van der Waals surface area contributed by atoms with E-state index in [0.29, 0.717) is 6.42 Å². The highest BCUT2D eigenvalue weighted by atomic mass is 16.7. The number of nitrogens with one attached hydrogen (secondary N) is 1. The van der Waals surface area contributed by atoms with Crippen LogP contribution in [0.4, 0.5) is 0 Å². The van der Waals surface area contributed by atoms with Crippen molar-refractivity contribution >= 4 is 5.91 Å². The lowest BCUT2D eigenvalue weighted by Gasteiger charge is -2.40. The third-order valence-electron chi connectivity index (χ3n) is 12.1. The van der Waals surface area contributed by atoms with Crippen LogP contribution in [0.2, 0.25) is 0 Å². The summed E-state index contributed by atoms with van der Waals surface area (Å²) >= 11 is 0. The van der Waals surface area contributed by atoms with E-state index in [4.69, 9.17) is 9.47 Å². The molecule has 0 spiro atoms. The average Bonchev–Trinajstić information content (AvgIpc) is 3.27. The number of aliphatic hydroxyl groups excluding tert-OH is 5. The predicted octanol–water partition coefficient (Wildman–Crippen LogP) is 11.8. The van der Waals surface area contributed by atoms with E-state index in [-0.39, 0.29) is 12.5 Å². The second kappa shape index (κ2) is 43.1. The maximum absolute atomic E-state index is 13.0. The Labute approximate surface area is 380 Å². The van der Waals surface area contributed by atoms with Crippen LogP contribution < -0.4 is 5.32 Å². The summed E-state index contributed by atoms with van der Waals surface area (Å²) in [5, 5.41) is 54.3. The molecule has 0 aromatic carbocycles. The van der Waals surface area contributed by atoms with E-state index in [9.17, 15) is 30.3 Å². The van der Waals surface area contributed by atoms with Gasteiger partial charge in [0.25, 0.3) is 0 Å². The van der Waals surface area contributed by atoms with Crippen LogP contribution in [0, 0.1) is 0 Å². The second-order valence-corrected chi connectivity index (χ2v) is 17.9. The number of ether oxygens (including phenoxy) is 2. The van der Waals surface area contributed by atoms with Crippen molar-refractivity contribution in [2.24, 2.45) is 0 Å². The first-order valence-electron chi connectivity index (χ1n) is 25.9. The van der Waals surface area contributed by atoms with Crippen molar-refractivity contribution in [3.8, 4) is 0 Å². The van der Waals surface area contributed by atoms with Crippen molar-refractivity contribution in [2.75, 3.05) is 13.2 Å². The molecule has 1 amide bonds. The molecule has 62 heavy (non-hydrogen) atoms. The highest BCUT2D eigenvalue weighted by molar-refractivity contribution is 5.76. The van der Waals surface area contributed by atoms with E-state index < -0.39 is 49.5 Å². The molecule has 1 aliphatic heterocycles. The molecule has 9 nitrogen and oxygen atoms in total. The summed E-state index contributed by atoms with van der Waals surface area (Å²) < 4.78 is 11.2. The summed E-state index contributed by atoms with van der Waals surface area (Å²) in [7, 11) is 0. The van der Waals surface area contributed by atoms with E-state index in [2.05, 4.69) is 55.6 Å². The van der Waals surface area contributed by atoms with Gasteiger partial charge in [0.15, 0.2) is 6.29 Å². The van der Waals surface area contributed by atoms with Gasteiger partial charge in [-0.25, -0.2) is 0 Å². The van der Waals surface area contributed by atoms with Crippen molar-refractivity contribution in [1.82, 2.24) is 5.32 Å². The van der Waals surface area contributed by atoms with Gasteiger partial charge in [-0.1, -0.05) is 197 Å². The topological polar surface area (TPSA) is 149 Å². The Kier molecular flexibility index (Phi) is 40.4. The molecule has 1 fully saturated rings. The van der Waals surface area contributed by atoms with Crippen molar-refractivity contribution in [1.29, 1.82) is 0 Å². The number of allylic oxidation sites excluding steroid dienone is 7. The number of hydrogen-bond acceptors (Lipinski definition) is 8. The highest BCUT2D eigenvalue weighted by Crippen LogP contribution is 2.23. The summed E-state index contributed by atoms with van der Waals surface area (Å²) in [6.07, 6.45) is 48.7. The minimum Gasteiger partial charge on any atom is -0.394 e. The van der Waals surface area contributed by atoms with Crippen molar-refractivity contribution < 1.29 is 39.8 Å². The summed E-state index contributed by atoms with van der Waals surface area (Å²) in [5.41, 5.74) is 0. The van der Waals surface area contributed by atoms with Crippen molar-refractivity contribution in [3.05, 3.63) is 48.6 Å². The molecule has 0 aliphatic carbocycles. The van der Waals surface area contributed by atoms with Gasteiger partial charge in [0, 0.05) is 6.42 Å². The lowest BCUT2D eigenvalue weighted by atomic mass is 9.99. The molecule has 6 N–H and O–H groups in total. The van der Waals surface area contributed by atoms with E-state index in [0.717, 1.165) is 57.8 Å². The molecule has 7 atom stereocenters. The van der Waals surface area contributed by atoms with Crippen LogP contribution in [0.3, 0.4) is 0 Å². The number of rotatable bonds is 43. The monoisotopic (exact) mass is 876 g/mol. The first-order valence-corrected chi connectivity index (χ1v) is 25.9. The first-order chi connectivity index (χ1) is 30.3. The summed E-state index contributed by atoms with van der Waals surface area (Å²) in [4.78, 5) is 13.0. The summed E-state index contributed by atoms with van der Waals surface area (Å²) in [6, 6.07) is -0.830. The van der Waals surface area contributed by atoms with Gasteiger partial charge in [-0.2, -0.15) is 0 Å². The van der Waals surface area contributed by atoms with Gasteiger partial charge in [0.1, 0.15) is 24.4 Å². The lowest BCUT2D eigenvalue weighted by molar-refractivity contribution is -0.302. The zero-order chi connectivity index (χ0) is 45.1. The minimum atomic E-state index is -1.58. The van der Waals surface area contributed by atoms with Gasteiger partial charge in [0.2, 0.25) is 5.91 Å². The van der Waals surface area contributed by atoms with Crippen LogP contribution in [-0.2, 0) is 14.3 Å². The Morgan fingerprint density at radius 3 is 1.35 bits per heavy atom. The lowest BCUT2D eigenvalue weighted by Crippen LogP contribution is -2.60. The van der Waals surface area contributed by atoms with E-state index in [1.165, 1.54) is 148 Å². The summed E-state index contributed by atoms with van der Waals surface area (Å²) in [6.45, 7) is 3.76. The molecule has 1 heterocycles. The molecule has 1 saturated heterocycles. The average molecular weight is 876 g/mol. The highest BCUT2D eigenvalue weighted by Gasteiger charge is 2.44. The van der Waals surface area contributed by atoms with E-state index in [1.807, 2.05) is 6.08 Å². The Morgan fingerprint density at radius 1 is 0.532 bits per heavy atom. The minimum absolute atomic E-state index is 0.195. The van der Waals surface area contributed by atoms with Gasteiger partial charge in [-0.05, 0) is 70.6 Å². The largest absolute Gasteiger partial charge is 0.394 e. The molecule has 362 valence electrons. The van der Waals surface area contributed by atoms with Crippen LogP contribution in [0.5, 0.6) is 0 Å². The molecule has 0 radical (unpaired) electrons. The molecule has 0 saturated carbocycles. The Balaban J connectivity index is 2.34. The Hall–Kier alpha value is -1.85. The quantitative estimate of drug-likeness (QED) is 0.0262. The zero-order valence-electron chi connectivity index (χ0n) is 39.9. The van der Waals surface area contributed by atoms with Crippen LogP contribution in [0.25, 0.3) is 0 Å². The third-order valence-corrected chi connectivity index (χ3v) is 12.1. The fourth-order valence-electron chi connectivity index (χ4n) is 7.95. The molecule has 9 heteroatoms. The molecule has 0 aromatic heterocycles. The van der Waals surface area contributed by atoms with E-state index in [1.54, 1.807) is 6.08 Å². The fraction of sp³-hybridized carbons (Fsp3) is 0.830. The number of amides is 1. The number of unbranched alkanes of at least 4 members (excludes halogenated alkanes) is 27. The van der Waals surface area contributed by atoms with Crippen LogP contribution in [-0.4, -0.2) is 87.5 Å². The molecule has 0 bridgehead atoms. The van der Waals surface area contributed by atoms with Gasteiger partial charge in [-0.15, -0.1) is 0 Å². The van der Waals surface area contributed by atoms with Gasteiger partial charge < -0.3 is 40.3 Å². The third kappa shape index (κ3) is 32.8. The predicted molar refractivity (Wildman–Crippen MR) is 258 cm³/mol. The second-order valence-electron chi connectivity index (χ2n) is 17.9. The number of carbonyl (C=O) groups is 1. The standard InChI is InChI=1S/C53H97NO8/c1-3-5-7-9-11-13-15-17-19-21-23-24-25-26-28-30-32-34-36-38-40-42-47(56)46(45-61-53-52(60)51(59)50(58)48(44-55)62-53)54-49(57)43-41-39-37-35-33-31-29-27-22-20-18-16-14-12-10-8-6-4-2/h20,22,25-26,32,34,40,42,46-48,50-53,55-56,58-60H,3-19,21,23-24,27-31,33,35-39,41,43-45H2,1-2H3,(H,54,57)/b22-20-,26-25+,34-32+,42-40+. The fourth-order valence-corrected chi connectivity index (χ4v) is 7.95.